The highest BCUT2D eigenvalue weighted by Gasteiger charge is 2.09. The van der Waals surface area contributed by atoms with Gasteiger partial charge in [0.15, 0.2) is 0 Å². The Morgan fingerprint density at radius 3 is 2.57 bits per heavy atom. The van der Waals surface area contributed by atoms with Gasteiger partial charge in [-0.25, -0.2) is 4.98 Å². The minimum absolute atomic E-state index is 0.364. The first-order valence-electron chi connectivity index (χ1n) is 6.32. The maximum absolute atomic E-state index is 6.10. The normalized spacial score (nSPS) is 11.0. The highest BCUT2D eigenvalue weighted by atomic mass is 79.9. The van der Waals surface area contributed by atoms with Crippen molar-refractivity contribution in [3.8, 4) is 11.6 Å². The molecule has 0 fully saturated rings. The lowest BCUT2D eigenvalue weighted by atomic mass is 10.3. The van der Waals surface area contributed by atoms with Gasteiger partial charge in [-0.05, 0) is 22.0 Å². The van der Waals surface area contributed by atoms with Crippen LogP contribution >= 0.6 is 39.1 Å². The summed E-state index contributed by atoms with van der Waals surface area (Å²) in [7, 11) is 0. The summed E-state index contributed by atoms with van der Waals surface area (Å²) < 4.78 is 6.31. The Morgan fingerprint density at radius 1 is 1.19 bits per heavy atom. The maximum atomic E-state index is 6.10. The standard InChI is InChI=1S/C14H14BrCl2N3O/c1-8(2)18-5-9-6-20-14(7-19-9)21-13-4-11(16)10(15)3-12(13)17/h3-4,6-8,18H,5H2,1-2H3. The first-order valence-corrected chi connectivity index (χ1v) is 7.87. The lowest BCUT2D eigenvalue weighted by Crippen LogP contribution is -2.22. The Bertz CT molecular complexity index is 620. The molecule has 2 rings (SSSR count). The molecule has 0 saturated heterocycles. The molecule has 0 amide bonds. The molecule has 7 heteroatoms. The number of aromatic nitrogens is 2. The molecule has 0 aliphatic carbocycles. The number of ether oxygens (including phenoxy) is 1. The minimum Gasteiger partial charge on any atom is -0.436 e. The predicted octanol–water partition coefficient (Wildman–Crippen LogP) is 4.84. The number of nitrogens with zero attached hydrogens (tertiary/aromatic N) is 2. The smallest absolute Gasteiger partial charge is 0.237 e. The van der Waals surface area contributed by atoms with Crippen LogP contribution in [-0.2, 0) is 6.54 Å². The zero-order chi connectivity index (χ0) is 15.4. The monoisotopic (exact) mass is 389 g/mol. The van der Waals surface area contributed by atoms with Gasteiger partial charge in [-0.15, -0.1) is 0 Å². The van der Waals surface area contributed by atoms with Crippen molar-refractivity contribution in [2.45, 2.75) is 26.4 Å². The van der Waals surface area contributed by atoms with Crippen molar-refractivity contribution in [3.05, 3.63) is 44.7 Å². The summed E-state index contributed by atoms with van der Waals surface area (Å²) in [5.41, 5.74) is 0.844. The molecule has 0 aliphatic rings. The van der Waals surface area contributed by atoms with E-state index in [1.165, 1.54) is 0 Å². The summed E-state index contributed by atoms with van der Waals surface area (Å²) in [5, 5.41) is 4.22. The van der Waals surface area contributed by atoms with Crippen LogP contribution in [-0.4, -0.2) is 16.0 Å². The molecule has 1 aromatic carbocycles. The summed E-state index contributed by atoms with van der Waals surface area (Å²) in [4.78, 5) is 8.49. The van der Waals surface area contributed by atoms with Gasteiger partial charge in [0.2, 0.25) is 5.88 Å². The van der Waals surface area contributed by atoms with Crippen molar-refractivity contribution in [2.24, 2.45) is 0 Å². The van der Waals surface area contributed by atoms with Gasteiger partial charge in [0.1, 0.15) is 5.75 Å². The Hall–Kier alpha value is -0.880. The lowest BCUT2D eigenvalue weighted by molar-refractivity contribution is 0.458. The summed E-state index contributed by atoms with van der Waals surface area (Å²) in [5.74, 6) is 0.802. The van der Waals surface area contributed by atoms with Gasteiger partial charge in [0.05, 0.1) is 28.1 Å². The van der Waals surface area contributed by atoms with E-state index in [2.05, 4.69) is 45.1 Å². The molecule has 21 heavy (non-hydrogen) atoms. The van der Waals surface area contributed by atoms with Gasteiger partial charge < -0.3 is 10.1 Å². The van der Waals surface area contributed by atoms with Gasteiger partial charge >= 0.3 is 0 Å². The van der Waals surface area contributed by atoms with Gasteiger partial charge in [-0.2, -0.15) is 0 Å². The number of nitrogens with one attached hydrogen (secondary N) is 1. The fourth-order valence-corrected chi connectivity index (χ4v) is 2.32. The molecule has 0 saturated carbocycles. The van der Waals surface area contributed by atoms with Gasteiger partial charge in [-0.3, -0.25) is 4.98 Å². The number of rotatable bonds is 5. The summed E-state index contributed by atoms with van der Waals surface area (Å²) >= 11 is 15.4. The van der Waals surface area contributed by atoms with Crippen molar-refractivity contribution in [1.82, 2.24) is 15.3 Å². The number of halogens is 3. The maximum Gasteiger partial charge on any atom is 0.237 e. The van der Waals surface area contributed by atoms with Gasteiger partial charge in [0, 0.05) is 23.1 Å². The van der Waals surface area contributed by atoms with E-state index in [9.17, 15) is 0 Å². The number of hydrogen-bond acceptors (Lipinski definition) is 4. The van der Waals surface area contributed by atoms with Crippen molar-refractivity contribution < 1.29 is 4.74 Å². The summed E-state index contributed by atoms with van der Waals surface area (Å²) in [6, 6.07) is 3.70. The molecule has 0 atom stereocenters. The molecule has 4 nitrogen and oxygen atoms in total. The fourth-order valence-electron chi connectivity index (χ4n) is 1.49. The van der Waals surface area contributed by atoms with E-state index in [0.717, 1.165) is 5.69 Å². The first kappa shape index (κ1) is 16.5. The van der Waals surface area contributed by atoms with Crippen LogP contribution in [0, 0.1) is 0 Å². The topological polar surface area (TPSA) is 47.0 Å². The second-order valence-electron chi connectivity index (χ2n) is 4.68. The molecule has 0 radical (unpaired) electrons. The average Bonchev–Trinajstić information content (AvgIpc) is 2.44. The SMILES string of the molecule is CC(C)NCc1cnc(Oc2cc(Cl)c(Br)cc2Cl)cn1. The lowest BCUT2D eigenvalue weighted by Gasteiger charge is -2.09. The van der Waals surface area contributed by atoms with E-state index >= 15 is 0 Å². The quantitative estimate of drug-likeness (QED) is 0.742. The van der Waals surface area contributed by atoms with Crippen LogP contribution in [0.4, 0.5) is 0 Å². The molecular formula is C14H14BrCl2N3O. The highest BCUT2D eigenvalue weighted by Crippen LogP contribution is 2.35. The molecule has 2 aromatic rings. The molecule has 1 heterocycles. The number of benzene rings is 1. The van der Waals surface area contributed by atoms with Crippen molar-refractivity contribution in [3.63, 3.8) is 0 Å². The Morgan fingerprint density at radius 2 is 1.95 bits per heavy atom. The molecule has 0 aliphatic heterocycles. The summed E-state index contributed by atoms with van der Waals surface area (Å²) in [6.07, 6.45) is 3.22. The fraction of sp³-hybridized carbons (Fsp3) is 0.286. The van der Waals surface area contributed by atoms with Crippen LogP contribution in [0.1, 0.15) is 19.5 Å². The second-order valence-corrected chi connectivity index (χ2v) is 6.35. The first-order chi connectivity index (χ1) is 9.95. The largest absolute Gasteiger partial charge is 0.436 e. The second kappa shape index (κ2) is 7.40. The van der Waals surface area contributed by atoms with Crippen LogP contribution in [0.3, 0.4) is 0 Å². The molecule has 1 aromatic heterocycles. The number of hydrogen-bond donors (Lipinski definition) is 1. The Labute approximate surface area is 142 Å². The van der Waals surface area contributed by atoms with Gasteiger partial charge in [0.25, 0.3) is 0 Å². The van der Waals surface area contributed by atoms with E-state index in [-0.39, 0.29) is 0 Å². The van der Waals surface area contributed by atoms with Crippen LogP contribution in [0.5, 0.6) is 11.6 Å². The average molecular weight is 391 g/mol. The highest BCUT2D eigenvalue weighted by molar-refractivity contribution is 9.10. The van der Waals surface area contributed by atoms with E-state index in [4.69, 9.17) is 27.9 Å². The zero-order valence-electron chi connectivity index (χ0n) is 11.5. The molecular weight excluding hydrogens is 377 g/mol. The van der Waals surface area contributed by atoms with E-state index in [1.54, 1.807) is 24.5 Å². The van der Waals surface area contributed by atoms with Crippen molar-refractivity contribution in [2.75, 3.05) is 0 Å². The van der Waals surface area contributed by atoms with E-state index in [1.807, 2.05) is 0 Å². The van der Waals surface area contributed by atoms with Crippen LogP contribution in [0.15, 0.2) is 29.0 Å². The third-order valence-electron chi connectivity index (χ3n) is 2.56. The van der Waals surface area contributed by atoms with Crippen LogP contribution < -0.4 is 10.1 Å². The molecule has 0 bridgehead atoms. The van der Waals surface area contributed by atoms with E-state index < -0.39 is 0 Å². The van der Waals surface area contributed by atoms with Crippen LogP contribution in [0.2, 0.25) is 10.0 Å². The van der Waals surface area contributed by atoms with Crippen LogP contribution in [0.25, 0.3) is 0 Å². The minimum atomic E-state index is 0.364. The predicted molar refractivity (Wildman–Crippen MR) is 88.2 cm³/mol. The molecule has 112 valence electrons. The van der Waals surface area contributed by atoms with E-state index in [0.29, 0.717) is 38.7 Å². The third-order valence-corrected chi connectivity index (χ3v) is 4.05. The summed E-state index contributed by atoms with van der Waals surface area (Å²) in [6.45, 7) is 4.81. The van der Waals surface area contributed by atoms with Gasteiger partial charge in [-0.1, -0.05) is 37.0 Å². The van der Waals surface area contributed by atoms with Crippen molar-refractivity contribution in [1.29, 1.82) is 0 Å². The molecule has 0 unspecified atom stereocenters. The zero-order valence-corrected chi connectivity index (χ0v) is 14.6. The van der Waals surface area contributed by atoms with Crippen molar-refractivity contribution >= 4 is 39.1 Å². The molecule has 0 spiro atoms. The Kier molecular flexibility index (Phi) is 5.81. The Balaban J connectivity index is 2.08. The molecule has 1 N–H and O–H groups in total. The third kappa shape index (κ3) is 4.81.